The number of esters is 1. The van der Waals surface area contributed by atoms with E-state index in [1.165, 1.54) is 0 Å². The van der Waals surface area contributed by atoms with E-state index >= 15 is 0 Å². The van der Waals surface area contributed by atoms with Crippen molar-refractivity contribution in [2.75, 3.05) is 0 Å². The molecular formula is C17H16ClN3O3S. The molecule has 2 heterocycles. The molecule has 6 nitrogen and oxygen atoms in total. The average Bonchev–Trinajstić information content (AvgIpc) is 3.28. The summed E-state index contributed by atoms with van der Waals surface area (Å²) in [6, 6.07) is 7.13. The SMILES string of the molecule is CCc1nc(COC(=O)CCc2nc(-c3ccc(Cl)cc3)no2)cs1. The zero-order chi connectivity index (χ0) is 17.6. The van der Waals surface area contributed by atoms with Crippen molar-refractivity contribution >= 4 is 28.9 Å². The van der Waals surface area contributed by atoms with Crippen molar-refractivity contribution in [1.82, 2.24) is 15.1 Å². The molecule has 25 heavy (non-hydrogen) atoms. The van der Waals surface area contributed by atoms with Crippen LogP contribution in [0.1, 0.15) is 29.9 Å². The molecule has 0 aliphatic carbocycles. The Labute approximate surface area is 153 Å². The lowest BCUT2D eigenvalue weighted by atomic mass is 10.2. The molecule has 0 unspecified atom stereocenters. The quantitative estimate of drug-likeness (QED) is 0.577. The van der Waals surface area contributed by atoms with Gasteiger partial charge in [-0.3, -0.25) is 4.79 Å². The minimum Gasteiger partial charge on any atom is -0.459 e. The Morgan fingerprint density at radius 1 is 1.28 bits per heavy atom. The van der Waals surface area contributed by atoms with Crippen LogP contribution in [0.15, 0.2) is 34.2 Å². The van der Waals surface area contributed by atoms with Gasteiger partial charge in [0.1, 0.15) is 6.61 Å². The Morgan fingerprint density at radius 3 is 2.80 bits per heavy atom. The third-order valence-corrected chi connectivity index (χ3v) is 4.69. The topological polar surface area (TPSA) is 78.1 Å². The number of carbonyl (C=O) groups is 1. The van der Waals surface area contributed by atoms with Gasteiger partial charge >= 0.3 is 5.97 Å². The van der Waals surface area contributed by atoms with Crippen LogP contribution >= 0.6 is 22.9 Å². The van der Waals surface area contributed by atoms with Crippen LogP contribution in [-0.2, 0) is 29.0 Å². The predicted octanol–water partition coefficient (Wildman–Crippen LogP) is 4.08. The Bertz CT molecular complexity index is 845. The van der Waals surface area contributed by atoms with Gasteiger partial charge in [-0.25, -0.2) is 4.98 Å². The molecule has 8 heteroatoms. The van der Waals surface area contributed by atoms with Gasteiger partial charge in [0.25, 0.3) is 0 Å². The molecule has 0 radical (unpaired) electrons. The predicted molar refractivity (Wildman–Crippen MR) is 94.4 cm³/mol. The van der Waals surface area contributed by atoms with Crippen LogP contribution in [0.4, 0.5) is 0 Å². The number of hydrogen-bond donors (Lipinski definition) is 0. The van der Waals surface area contributed by atoms with Crippen LogP contribution in [-0.4, -0.2) is 21.1 Å². The van der Waals surface area contributed by atoms with Crippen molar-refractivity contribution in [3.05, 3.63) is 51.3 Å². The number of nitrogens with zero attached hydrogens (tertiary/aromatic N) is 3. The number of aromatic nitrogens is 3. The van der Waals surface area contributed by atoms with Crippen molar-refractivity contribution in [2.24, 2.45) is 0 Å². The summed E-state index contributed by atoms with van der Waals surface area (Å²) in [5, 5.41) is 7.49. The number of rotatable bonds is 7. The van der Waals surface area contributed by atoms with Gasteiger partial charge < -0.3 is 9.26 Å². The van der Waals surface area contributed by atoms with Crippen LogP contribution in [0.5, 0.6) is 0 Å². The molecule has 3 rings (SSSR count). The number of halogens is 1. The number of benzene rings is 1. The molecule has 0 fully saturated rings. The Kier molecular flexibility index (Phi) is 5.78. The molecule has 0 atom stereocenters. The molecule has 2 aromatic heterocycles. The second kappa shape index (κ2) is 8.22. The van der Waals surface area contributed by atoms with Crippen LogP contribution in [0.2, 0.25) is 5.02 Å². The van der Waals surface area contributed by atoms with E-state index in [9.17, 15) is 4.79 Å². The van der Waals surface area contributed by atoms with Crippen LogP contribution in [0.25, 0.3) is 11.4 Å². The summed E-state index contributed by atoms with van der Waals surface area (Å²) in [5.41, 5.74) is 1.58. The number of ether oxygens (including phenoxy) is 1. The van der Waals surface area contributed by atoms with Crippen molar-refractivity contribution in [2.45, 2.75) is 32.8 Å². The second-order valence-corrected chi connectivity index (χ2v) is 6.64. The van der Waals surface area contributed by atoms with Crippen LogP contribution < -0.4 is 0 Å². The lowest BCUT2D eigenvalue weighted by Gasteiger charge is -2.01. The highest BCUT2D eigenvalue weighted by atomic mass is 35.5. The van der Waals surface area contributed by atoms with Crippen LogP contribution in [0, 0.1) is 0 Å². The molecule has 3 aromatic rings. The van der Waals surface area contributed by atoms with Crippen molar-refractivity contribution < 1.29 is 14.1 Å². The molecule has 0 spiro atoms. The monoisotopic (exact) mass is 377 g/mol. The van der Waals surface area contributed by atoms with Gasteiger partial charge in [0.05, 0.1) is 17.1 Å². The van der Waals surface area contributed by atoms with Gasteiger partial charge in [-0.1, -0.05) is 23.7 Å². The Balaban J connectivity index is 1.48. The van der Waals surface area contributed by atoms with Crippen LogP contribution in [0.3, 0.4) is 0 Å². The van der Waals surface area contributed by atoms with E-state index in [2.05, 4.69) is 15.1 Å². The number of hydrogen-bond acceptors (Lipinski definition) is 7. The fourth-order valence-corrected chi connectivity index (χ4v) is 2.94. The largest absolute Gasteiger partial charge is 0.459 e. The maximum absolute atomic E-state index is 11.8. The first kappa shape index (κ1) is 17.6. The molecule has 0 N–H and O–H groups in total. The normalized spacial score (nSPS) is 10.8. The van der Waals surface area contributed by atoms with E-state index in [1.54, 1.807) is 23.5 Å². The Morgan fingerprint density at radius 2 is 2.08 bits per heavy atom. The van der Waals surface area contributed by atoms with E-state index in [0.29, 0.717) is 23.2 Å². The molecule has 0 saturated heterocycles. The standard InChI is InChI=1S/C17H16ClN3O3S/c1-2-15-19-13(10-25-15)9-23-16(22)8-7-14-20-17(21-24-14)11-3-5-12(18)6-4-11/h3-6,10H,2,7-9H2,1H3. The van der Waals surface area contributed by atoms with E-state index in [4.69, 9.17) is 20.9 Å². The number of aryl methyl sites for hydroxylation is 2. The summed E-state index contributed by atoms with van der Waals surface area (Å²) in [7, 11) is 0. The molecule has 0 aliphatic rings. The van der Waals surface area contributed by atoms with Gasteiger partial charge in [-0.15, -0.1) is 11.3 Å². The first-order chi connectivity index (χ1) is 12.1. The van der Waals surface area contributed by atoms with Crippen molar-refractivity contribution in [1.29, 1.82) is 0 Å². The zero-order valence-corrected chi connectivity index (χ0v) is 15.1. The van der Waals surface area contributed by atoms with E-state index in [0.717, 1.165) is 22.7 Å². The molecule has 0 amide bonds. The summed E-state index contributed by atoms with van der Waals surface area (Å²) < 4.78 is 10.4. The van der Waals surface area contributed by atoms with E-state index in [-0.39, 0.29) is 19.0 Å². The highest BCUT2D eigenvalue weighted by Crippen LogP contribution is 2.19. The van der Waals surface area contributed by atoms with Gasteiger partial charge in [-0.2, -0.15) is 4.98 Å². The highest BCUT2D eigenvalue weighted by Gasteiger charge is 2.12. The average molecular weight is 378 g/mol. The van der Waals surface area contributed by atoms with Crippen molar-refractivity contribution in [3.63, 3.8) is 0 Å². The van der Waals surface area contributed by atoms with Crippen molar-refractivity contribution in [3.8, 4) is 11.4 Å². The maximum Gasteiger partial charge on any atom is 0.306 e. The van der Waals surface area contributed by atoms with Gasteiger partial charge in [0, 0.05) is 22.4 Å². The molecule has 130 valence electrons. The Hall–Kier alpha value is -2.25. The van der Waals surface area contributed by atoms with E-state index < -0.39 is 0 Å². The summed E-state index contributed by atoms with van der Waals surface area (Å²) in [5.74, 6) is 0.538. The molecule has 1 aromatic carbocycles. The fourth-order valence-electron chi connectivity index (χ4n) is 2.09. The fraction of sp³-hybridized carbons (Fsp3) is 0.294. The lowest BCUT2D eigenvalue weighted by molar-refractivity contribution is -0.145. The third-order valence-electron chi connectivity index (χ3n) is 3.40. The second-order valence-electron chi connectivity index (χ2n) is 5.27. The van der Waals surface area contributed by atoms with Gasteiger partial charge in [0.2, 0.25) is 11.7 Å². The van der Waals surface area contributed by atoms with Gasteiger partial charge in [-0.05, 0) is 30.7 Å². The van der Waals surface area contributed by atoms with E-state index in [1.807, 2.05) is 24.4 Å². The zero-order valence-electron chi connectivity index (χ0n) is 13.6. The lowest BCUT2D eigenvalue weighted by Crippen LogP contribution is -2.06. The maximum atomic E-state index is 11.8. The number of carbonyl (C=O) groups excluding carboxylic acids is 1. The minimum absolute atomic E-state index is 0.174. The summed E-state index contributed by atoms with van der Waals surface area (Å²) in [6.07, 6.45) is 1.38. The molecule has 0 saturated carbocycles. The summed E-state index contributed by atoms with van der Waals surface area (Å²) >= 11 is 7.42. The minimum atomic E-state index is -0.322. The number of thiazole rings is 1. The molecule has 0 aliphatic heterocycles. The molecule has 0 bridgehead atoms. The highest BCUT2D eigenvalue weighted by molar-refractivity contribution is 7.09. The first-order valence-electron chi connectivity index (χ1n) is 7.81. The summed E-state index contributed by atoms with van der Waals surface area (Å²) in [6.45, 7) is 2.23. The first-order valence-corrected chi connectivity index (χ1v) is 9.07. The van der Waals surface area contributed by atoms with Gasteiger partial charge in [0.15, 0.2) is 0 Å². The summed E-state index contributed by atoms with van der Waals surface area (Å²) in [4.78, 5) is 20.5. The molecular weight excluding hydrogens is 362 g/mol. The smallest absolute Gasteiger partial charge is 0.306 e. The third kappa shape index (κ3) is 4.87.